The van der Waals surface area contributed by atoms with Crippen LogP contribution in [0.1, 0.15) is 50.9 Å². The van der Waals surface area contributed by atoms with E-state index in [-0.39, 0.29) is 0 Å². The summed E-state index contributed by atoms with van der Waals surface area (Å²) in [7, 11) is 0. The highest BCUT2D eigenvalue weighted by Gasteiger charge is 2.25. The predicted molar refractivity (Wildman–Crippen MR) is 207 cm³/mol. The number of unbranched alkanes of at least 4 members (excludes halogenated alkanes) is 2. The molecule has 0 fully saturated rings. The van der Waals surface area contributed by atoms with Gasteiger partial charge in [-0.2, -0.15) is 0 Å². The molecule has 0 N–H and O–H groups in total. The van der Waals surface area contributed by atoms with Gasteiger partial charge in [0.2, 0.25) is 12.7 Å². The highest BCUT2D eigenvalue weighted by molar-refractivity contribution is 6.23. The normalized spacial score (nSPS) is 12.0. The van der Waals surface area contributed by atoms with Gasteiger partial charge in [0.15, 0.2) is 22.1 Å². The molecule has 246 valence electrons. The van der Waals surface area contributed by atoms with Crippen LogP contribution in [0.25, 0.3) is 65.2 Å². The van der Waals surface area contributed by atoms with Gasteiger partial charge in [-0.05, 0) is 70.8 Å². The second kappa shape index (κ2) is 12.7. The minimum atomic E-state index is 0.711. The summed E-state index contributed by atoms with van der Waals surface area (Å²) >= 11 is 0. The van der Waals surface area contributed by atoms with Crippen molar-refractivity contribution >= 4 is 65.2 Å². The fourth-order valence-electron chi connectivity index (χ4n) is 8.23. The molecule has 5 nitrogen and oxygen atoms in total. The lowest BCUT2D eigenvalue weighted by Crippen LogP contribution is -2.35. The number of aromatic nitrogens is 5. The lowest BCUT2D eigenvalue weighted by atomic mass is 9.99. The first-order valence-corrected chi connectivity index (χ1v) is 18.3. The van der Waals surface area contributed by atoms with E-state index in [1.807, 2.05) is 0 Å². The summed E-state index contributed by atoms with van der Waals surface area (Å²) in [4.78, 5) is 5.34. The monoisotopic (exact) mass is 653 g/mol. The SMILES string of the molecule is CCCCn1c[n+](Cc2cccc(C[n+]3cn(CCCC)c4c5ccccc5c5ccccc5c43)n2)c2c3ccccc3c3ccccc3c21. The molecular formula is C45H43N5+2. The quantitative estimate of drug-likeness (QED) is 0.107. The van der Waals surface area contributed by atoms with E-state index in [1.165, 1.54) is 65.2 Å². The van der Waals surface area contributed by atoms with Crippen molar-refractivity contribution in [3.63, 3.8) is 0 Å². The average Bonchev–Trinajstić information content (AvgIpc) is 3.71. The molecule has 0 aliphatic carbocycles. The van der Waals surface area contributed by atoms with Gasteiger partial charge in [0.1, 0.15) is 13.1 Å². The van der Waals surface area contributed by atoms with Crippen molar-refractivity contribution in [3.05, 3.63) is 139 Å². The Morgan fingerprint density at radius 3 is 1.20 bits per heavy atom. The molecule has 9 rings (SSSR count). The van der Waals surface area contributed by atoms with Crippen molar-refractivity contribution in [2.24, 2.45) is 0 Å². The molecule has 0 atom stereocenters. The summed E-state index contributed by atoms with van der Waals surface area (Å²) in [6.07, 6.45) is 9.28. The second-order valence-electron chi connectivity index (χ2n) is 13.8. The Bertz CT molecular complexity index is 2510. The van der Waals surface area contributed by atoms with Crippen LogP contribution in [0.15, 0.2) is 128 Å². The first-order valence-electron chi connectivity index (χ1n) is 18.3. The second-order valence-corrected chi connectivity index (χ2v) is 13.8. The maximum atomic E-state index is 5.34. The number of fused-ring (bicyclic) bond motifs is 12. The highest BCUT2D eigenvalue weighted by atomic mass is 15.2. The van der Waals surface area contributed by atoms with Crippen molar-refractivity contribution in [2.75, 3.05) is 0 Å². The zero-order valence-electron chi connectivity index (χ0n) is 29.0. The molecular weight excluding hydrogens is 611 g/mol. The van der Waals surface area contributed by atoms with Gasteiger partial charge in [-0.1, -0.05) is 106 Å². The summed E-state index contributed by atoms with van der Waals surface area (Å²) in [5, 5.41) is 10.4. The summed E-state index contributed by atoms with van der Waals surface area (Å²) in [6.45, 7) is 7.96. The maximum Gasteiger partial charge on any atom is 0.245 e. The van der Waals surface area contributed by atoms with Gasteiger partial charge >= 0.3 is 0 Å². The molecule has 0 unspecified atom stereocenters. The Hall–Kier alpha value is -5.55. The van der Waals surface area contributed by atoms with Gasteiger partial charge < -0.3 is 0 Å². The summed E-state index contributed by atoms with van der Waals surface area (Å²) in [5.74, 6) is 0. The molecule has 0 aliphatic heterocycles. The third-order valence-electron chi connectivity index (χ3n) is 10.5. The van der Waals surface area contributed by atoms with E-state index < -0.39 is 0 Å². The highest BCUT2D eigenvalue weighted by Crippen LogP contribution is 2.35. The number of hydrogen-bond donors (Lipinski definition) is 0. The molecule has 9 aromatic rings. The summed E-state index contributed by atoms with van der Waals surface area (Å²) in [6, 6.07) is 42.1. The summed E-state index contributed by atoms with van der Waals surface area (Å²) in [5.41, 5.74) is 7.36. The van der Waals surface area contributed by atoms with Crippen molar-refractivity contribution < 1.29 is 9.13 Å². The Balaban J connectivity index is 1.17. The Morgan fingerprint density at radius 2 is 0.800 bits per heavy atom. The van der Waals surface area contributed by atoms with Crippen LogP contribution >= 0.6 is 0 Å². The number of imidazole rings is 2. The predicted octanol–water partition coefficient (Wildman–Crippen LogP) is 9.88. The molecule has 0 aliphatic rings. The van der Waals surface area contributed by atoms with E-state index in [1.54, 1.807) is 0 Å². The topological polar surface area (TPSA) is 30.5 Å². The van der Waals surface area contributed by atoms with Crippen LogP contribution < -0.4 is 9.13 Å². The van der Waals surface area contributed by atoms with Gasteiger partial charge in [0.25, 0.3) is 0 Å². The lowest BCUT2D eigenvalue weighted by Gasteiger charge is -2.08. The number of nitrogens with zero attached hydrogens (tertiary/aromatic N) is 5. The Labute approximate surface area is 292 Å². The third-order valence-corrected chi connectivity index (χ3v) is 10.5. The molecule has 3 aromatic heterocycles. The maximum absolute atomic E-state index is 5.34. The average molecular weight is 654 g/mol. The van der Waals surface area contributed by atoms with Crippen molar-refractivity contribution in [1.29, 1.82) is 0 Å². The van der Waals surface area contributed by atoms with Crippen molar-refractivity contribution in [2.45, 2.75) is 65.7 Å². The van der Waals surface area contributed by atoms with Crippen LogP contribution in [0.4, 0.5) is 0 Å². The van der Waals surface area contributed by atoms with E-state index in [0.717, 1.165) is 50.2 Å². The number of rotatable bonds is 10. The van der Waals surface area contributed by atoms with Crippen LogP contribution in [0.3, 0.4) is 0 Å². The molecule has 0 amide bonds. The molecule has 0 radical (unpaired) electrons. The third kappa shape index (κ3) is 5.03. The molecule has 0 bridgehead atoms. The lowest BCUT2D eigenvalue weighted by molar-refractivity contribution is -0.664. The number of aryl methyl sites for hydroxylation is 2. The molecule has 0 saturated heterocycles. The van der Waals surface area contributed by atoms with Crippen molar-refractivity contribution in [1.82, 2.24) is 14.1 Å². The Kier molecular flexibility index (Phi) is 7.76. The molecule has 3 heterocycles. The van der Waals surface area contributed by atoms with Crippen LogP contribution in [0.5, 0.6) is 0 Å². The van der Waals surface area contributed by atoms with Crippen LogP contribution in [0.2, 0.25) is 0 Å². The van der Waals surface area contributed by atoms with Gasteiger partial charge in [-0.3, -0.25) is 0 Å². The fourth-order valence-corrected chi connectivity index (χ4v) is 8.23. The first kappa shape index (κ1) is 30.5. The summed E-state index contributed by atoms with van der Waals surface area (Å²) < 4.78 is 9.84. The fraction of sp³-hybridized carbons (Fsp3) is 0.222. The number of benzene rings is 6. The Morgan fingerprint density at radius 1 is 0.440 bits per heavy atom. The van der Waals surface area contributed by atoms with Crippen LogP contribution in [-0.4, -0.2) is 14.1 Å². The van der Waals surface area contributed by atoms with E-state index in [2.05, 4.69) is 160 Å². The first-order chi connectivity index (χ1) is 24.7. The smallest absolute Gasteiger partial charge is 0.245 e. The van der Waals surface area contributed by atoms with E-state index in [0.29, 0.717) is 13.1 Å². The molecule has 0 saturated carbocycles. The number of pyridine rings is 1. The van der Waals surface area contributed by atoms with E-state index >= 15 is 0 Å². The minimum absolute atomic E-state index is 0.711. The molecule has 6 aromatic carbocycles. The molecule has 50 heavy (non-hydrogen) atoms. The van der Waals surface area contributed by atoms with Gasteiger partial charge in [0, 0.05) is 21.5 Å². The van der Waals surface area contributed by atoms with Gasteiger partial charge in [0.05, 0.1) is 24.5 Å². The van der Waals surface area contributed by atoms with Crippen LogP contribution in [0, 0.1) is 0 Å². The van der Waals surface area contributed by atoms with Gasteiger partial charge in [-0.25, -0.2) is 23.3 Å². The van der Waals surface area contributed by atoms with Crippen molar-refractivity contribution in [3.8, 4) is 0 Å². The van der Waals surface area contributed by atoms with E-state index in [9.17, 15) is 0 Å². The zero-order chi connectivity index (χ0) is 33.6. The zero-order valence-corrected chi connectivity index (χ0v) is 29.0. The number of hydrogen-bond acceptors (Lipinski definition) is 1. The largest absolute Gasteiger partial charge is 0.250 e. The standard InChI is InChI=1S/C45H43N5/c1-3-5-26-47-30-49(44-40-24-13-9-20-36(40)34-18-7-11-22-38(34)42(44)47)28-32-16-15-17-33(46-32)29-50-31-48(27-6-4-2)43-39-23-12-8-19-35(39)37-21-10-14-25-41(37)45(43)50/h7-25,30-31H,3-6,26-29H2,1-2H3/q+2. The minimum Gasteiger partial charge on any atom is -0.250 e. The molecule has 0 spiro atoms. The molecule has 5 heteroatoms. The van der Waals surface area contributed by atoms with Crippen LogP contribution in [-0.2, 0) is 26.2 Å². The van der Waals surface area contributed by atoms with Gasteiger partial charge in [-0.15, -0.1) is 0 Å². The van der Waals surface area contributed by atoms with E-state index in [4.69, 9.17) is 4.98 Å².